The number of nitrogens with two attached hydrogens (primary N) is 1. The lowest BCUT2D eigenvalue weighted by molar-refractivity contribution is 0.305. The first kappa shape index (κ1) is 12.6. The van der Waals surface area contributed by atoms with Crippen molar-refractivity contribution in [3.05, 3.63) is 34.4 Å². The van der Waals surface area contributed by atoms with Gasteiger partial charge in [0.2, 0.25) is 0 Å². The lowest BCUT2D eigenvalue weighted by Crippen LogP contribution is -2.30. The van der Waals surface area contributed by atoms with Gasteiger partial charge in [0.05, 0.1) is 0 Å². The first-order chi connectivity index (χ1) is 8.06. The molecule has 1 aromatic carbocycles. The van der Waals surface area contributed by atoms with Crippen LogP contribution in [-0.2, 0) is 6.42 Å². The molecule has 0 bridgehead atoms. The summed E-state index contributed by atoms with van der Waals surface area (Å²) in [5.41, 5.74) is 12.2. The summed E-state index contributed by atoms with van der Waals surface area (Å²) in [6.45, 7) is 7.51. The highest BCUT2D eigenvalue weighted by atomic mass is 14.6. The highest BCUT2D eigenvalue weighted by Gasteiger charge is 2.33. The number of rotatable bonds is 3. The van der Waals surface area contributed by atoms with Crippen LogP contribution < -0.4 is 5.73 Å². The molecular formula is C16H25N. The molecule has 0 radical (unpaired) electrons. The molecule has 1 fully saturated rings. The Balaban J connectivity index is 2.29. The van der Waals surface area contributed by atoms with Crippen molar-refractivity contribution in [3.63, 3.8) is 0 Å². The molecule has 2 rings (SSSR count). The third-order valence-electron chi connectivity index (χ3n) is 4.49. The van der Waals surface area contributed by atoms with Crippen molar-refractivity contribution in [2.75, 3.05) is 6.54 Å². The van der Waals surface area contributed by atoms with Crippen molar-refractivity contribution in [1.29, 1.82) is 0 Å². The Bertz CT molecular complexity index is 377. The van der Waals surface area contributed by atoms with E-state index in [4.69, 9.17) is 5.73 Å². The number of hydrogen-bond acceptors (Lipinski definition) is 1. The minimum atomic E-state index is 0.394. The zero-order chi connectivity index (χ0) is 12.5. The fourth-order valence-corrected chi connectivity index (χ4v) is 3.44. The molecule has 17 heavy (non-hydrogen) atoms. The van der Waals surface area contributed by atoms with E-state index in [-0.39, 0.29) is 0 Å². The maximum atomic E-state index is 6.05. The van der Waals surface area contributed by atoms with E-state index < -0.39 is 0 Å². The van der Waals surface area contributed by atoms with Gasteiger partial charge in [0.15, 0.2) is 0 Å². The molecule has 1 heteroatoms. The standard InChI is InChI=1S/C16H25N/c1-12-8-13(2)15(14(3)9-12)10-16(11-17)6-4-5-7-16/h8-9H,4-7,10-11,17H2,1-3H3. The van der Waals surface area contributed by atoms with E-state index >= 15 is 0 Å². The number of benzene rings is 1. The highest BCUT2D eigenvalue weighted by molar-refractivity contribution is 5.38. The summed E-state index contributed by atoms with van der Waals surface area (Å²) in [7, 11) is 0. The maximum Gasteiger partial charge on any atom is -0.00173 e. The average Bonchev–Trinajstić information content (AvgIpc) is 2.73. The van der Waals surface area contributed by atoms with Crippen LogP contribution in [0, 0.1) is 26.2 Å². The normalized spacial score (nSPS) is 18.6. The van der Waals surface area contributed by atoms with E-state index in [1.165, 1.54) is 48.8 Å². The van der Waals surface area contributed by atoms with Gasteiger partial charge in [-0.05, 0) is 68.7 Å². The Hall–Kier alpha value is -0.820. The van der Waals surface area contributed by atoms with Crippen LogP contribution in [-0.4, -0.2) is 6.54 Å². The summed E-state index contributed by atoms with van der Waals surface area (Å²) in [5.74, 6) is 0. The van der Waals surface area contributed by atoms with Gasteiger partial charge in [-0.2, -0.15) is 0 Å². The van der Waals surface area contributed by atoms with Crippen LogP contribution in [0.4, 0.5) is 0 Å². The summed E-state index contributed by atoms with van der Waals surface area (Å²) >= 11 is 0. The fourth-order valence-electron chi connectivity index (χ4n) is 3.44. The van der Waals surface area contributed by atoms with E-state index in [9.17, 15) is 0 Å². The van der Waals surface area contributed by atoms with Crippen molar-refractivity contribution in [3.8, 4) is 0 Å². The van der Waals surface area contributed by atoms with E-state index in [0.717, 1.165) is 6.54 Å². The van der Waals surface area contributed by atoms with Crippen LogP contribution in [0.2, 0.25) is 0 Å². The first-order valence-electron chi connectivity index (χ1n) is 6.83. The Labute approximate surface area is 105 Å². The topological polar surface area (TPSA) is 26.0 Å². The lowest BCUT2D eigenvalue weighted by atomic mass is 9.78. The van der Waals surface area contributed by atoms with Crippen LogP contribution >= 0.6 is 0 Å². The predicted octanol–water partition coefficient (Wildman–Crippen LogP) is 3.67. The van der Waals surface area contributed by atoms with Gasteiger partial charge >= 0.3 is 0 Å². The second-order valence-corrected chi connectivity index (χ2v) is 5.97. The SMILES string of the molecule is Cc1cc(C)c(CC2(CN)CCCC2)c(C)c1. The van der Waals surface area contributed by atoms with Crippen LogP contribution in [0.25, 0.3) is 0 Å². The molecule has 1 aliphatic rings. The molecule has 0 saturated heterocycles. The van der Waals surface area contributed by atoms with Crippen molar-refractivity contribution >= 4 is 0 Å². The highest BCUT2D eigenvalue weighted by Crippen LogP contribution is 2.41. The second kappa shape index (κ2) is 4.81. The first-order valence-corrected chi connectivity index (χ1v) is 6.83. The van der Waals surface area contributed by atoms with Crippen LogP contribution in [0.1, 0.15) is 47.9 Å². The van der Waals surface area contributed by atoms with Crippen LogP contribution in [0.15, 0.2) is 12.1 Å². The summed E-state index contributed by atoms with van der Waals surface area (Å²) in [6.07, 6.45) is 6.54. The summed E-state index contributed by atoms with van der Waals surface area (Å²) < 4.78 is 0. The lowest BCUT2D eigenvalue weighted by Gasteiger charge is -2.29. The number of hydrogen-bond donors (Lipinski definition) is 1. The molecule has 1 saturated carbocycles. The molecular weight excluding hydrogens is 206 g/mol. The van der Waals surface area contributed by atoms with Gasteiger partial charge in [-0.3, -0.25) is 0 Å². The largest absolute Gasteiger partial charge is 0.330 e. The Morgan fingerprint density at radius 1 is 1.06 bits per heavy atom. The molecule has 0 spiro atoms. The van der Waals surface area contributed by atoms with Crippen molar-refractivity contribution in [2.45, 2.75) is 52.9 Å². The second-order valence-electron chi connectivity index (χ2n) is 5.97. The molecule has 0 aliphatic heterocycles. The van der Waals surface area contributed by atoms with E-state index in [1.54, 1.807) is 5.56 Å². The van der Waals surface area contributed by atoms with Crippen LogP contribution in [0.3, 0.4) is 0 Å². The van der Waals surface area contributed by atoms with E-state index in [1.807, 2.05) is 0 Å². The Morgan fingerprint density at radius 3 is 2.06 bits per heavy atom. The summed E-state index contributed by atoms with van der Waals surface area (Å²) in [5, 5.41) is 0. The number of aryl methyl sites for hydroxylation is 3. The smallest absolute Gasteiger partial charge is 0.00173 e. The van der Waals surface area contributed by atoms with Gasteiger partial charge in [0.1, 0.15) is 0 Å². The molecule has 0 aromatic heterocycles. The molecule has 0 amide bonds. The molecule has 1 aliphatic carbocycles. The van der Waals surface area contributed by atoms with Crippen molar-refractivity contribution < 1.29 is 0 Å². The van der Waals surface area contributed by atoms with Gasteiger partial charge < -0.3 is 5.73 Å². The fraction of sp³-hybridized carbons (Fsp3) is 0.625. The summed E-state index contributed by atoms with van der Waals surface area (Å²) in [4.78, 5) is 0. The van der Waals surface area contributed by atoms with Crippen LogP contribution in [0.5, 0.6) is 0 Å². The van der Waals surface area contributed by atoms with Gasteiger partial charge in [0, 0.05) is 0 Å². The van der Waals surface area contributed by atoms with Gasteiger partial charge in [0.25, 0.3) is 0 Å². The molecule has 0 unspecified atom stereocenters. The Kier molecular flexibility index (Phi) is 3.58. The van der Waals surface area contributed by atoms with Gasteiger partial charge in [-0.25, -0.2) is 0 Å². The van der Waals surface area contributed by atoms with Crippen molar-refractivity contribution in [2.24, 2.45) is 11.1 Å². The zero-order valence-corrected chi connectivity index (χ0v) is 11.5. The Morgan fingerprint density at radius 2 is 1.59 bits per heavy atom. The monoisotopic (exact) mass is 231 g/mol. The molecule has 2 N–H and O–H groups in total. The molecule has 1 aromatic rings. The third-order valence-corrected chi connectivity index (χ3v) is 4.49. The zero-order valence-electron chi connectivity index (χ0n) is 11.5. The molecule has 94 valence electrons. The third kappa shape index (κ3) is 2.55. The van der Waals surface area contributed by atoms with Gasteiger partial charge in [-0.1, -0.05) is 30.5 Å². The minimum Gasteiger partial charge on any atom is -0.330 e. The molecule has 0 atom stereocenters. The average molecular weight is 231 g/mol. The molecule has 1 nitrogen and oxygen atoms in total. The van der Waals surface area contributed by atoms with Gasteiger partial charge in [-0.15, -0.1) is 0 Å². The quantitative estimate of drug-likeness (QED) is 0.844. The summed E-state index contributed by atoms with van der Waals surface area (Å²) in [6, 6.07) is 4.61. The molecule has 0 heterocycles. The minimum absolute atomic E-state index is 0.394. The predicted molar refractivity (Wildman–Crippen MR) is 74.3 cm³/mol. The van der Waals surface area contributed by atoms with E-state index in [2.05, 4.69) is 32.9 Å². The van der Waals surface area contributed by atoms with Crippen molar-refractivity contribution in [1.82, 2.24) is 0 Å². The maximum absolute atomic E-state index is 6.05. The van der Waals surface area contributed by atoms with E-state index in [0.29, 0.717) is 5.41 Å².